The van der Waals surface area contributed by atoms with Crippen molar-refractivity contribution in [2.45, 2.75) is 20.3 Å². The summed E-state index contributed by atoms with van der Waals surface area (Å²) in [5.74, 6) is 0.145. The molecule has 0 aliphatic carbocycles. The SMILES string of the molecule is Cc1ncc(C(=O)N2CCC(=NO)C(C)C2)s1. The minimum atomic E-state index is 0.0273. The van der Waals surface area contributed by atoms with Crippen LogP contribution in [0.1, 0.15) is 28.0 Å². The van der Waals surface area contributed by atoms with E-state index in [1.54, 1.807) is 11.1 Å². The monoisotopic (exact) mass is 253 g/mol. The Labute approximate surface area is 104 Å². The zero-order valence-electron chi connectivity index (χ0n) is 9.88. The van der Waals surface area contributed by atoms with Crippen LogP contribution in [0.3, 0.4) is 0 Å². The molecule has 1 aliphatic heterocycles. The number of thiazole rings is 1. The van der Waals surface area contributed by atoms with Crippen LogP contribution in [-0.2, 0) is 0 Å². The summed E-state index contributed by atoms with van der Waals surface area (Å²) in [5.41, 5.74) is 0.773. The molecule has 0 saturated carbocycles. The predicted molar refractivity (Wildman–Crippen MR) is 65.8 cm³/mol. The second kappa shape index (κ2) is 4.83. The number of rotatable bonds is 1. The molecule has 5 nitrogen and oxygen atoms in total. The van der Waals surface area contributed by atoms with Crippen LogP contribution in [0.2, 0.25) is 0 Å². The van der Waals surface area contributed by atoms with E-state index >= 15 is 0 Å². The zero-order chi connectivity index (χ0) is 12.4. The Bertz CT molecular complexity index is 455. The third-order valence-corrected chi connectivity index (χ3v) is 3.85. The number of nitrogens with zero attached hydrogens (tertiary/aromatic N) is 3. The van der Waals surface area contributed by atoms with E-state index in [4.69, 9.17) is 5.21 Å². The van der Waals surface area contributed by atoms with Crippen LogP contribution in [0.5, 0.6) is 0 Å². The molecule has 1 aromatic heterocycles. The van der Waals surface area contributed by atoms with Crippen molar-refractivity contribution in [1.82, 2.24) is 9.88 Å². The molecular formula is C11H15N3O2S. The summed E-state index contributed by atoms with van der Waals surface area (Å²) in [6.07, 6.45) is 2.27. The Hall–Kier alpha value is -1.43. The first-order valence-corrected chi connectivity index (χ1v) is 6.36. The van der Waals surface area contributed by atoms with Crippen LogP contribution >= 0.6 is 11.3 Å². The fourth-order valence-corrected chi connectivity index (χ4v) is 2.72. The van der Waals surface area contributed by atoms with Crippen molar-refractivity contribution < 1.29 is 10.0 Å². The van der Waals surface area contributed by atoms with E-state index in [1.807, 2.05) is 13.8 Å². The predicted octanol–water partition coefficient (Wildman–Crippen LogP) is 1.76. The summed E-state index contributed by atoms with van der Waals surface area (Å²) in [5, 5.41) is 13.0. The minimum absolute atomic E-state index is 0.0273. The summed E-state index contributed by atoms with van der Waals surface area (Å²) in [6.45, 7) is 5.07. The molecule has 0 spiro atoms. The third kappa shape index (κ3) is 2.46. The molecule has 1 atom stereocenters. The van der Waals surface area contributed by atoms with Crippen LogP contribution in [0.4, 0.5) is 0 Å². The van der Waals surface area contributed by atoms with Gasteiger partial charge in [0.15, 0.2) is 0 Å². The van der Waals surface area contributed by atoms with Gasteiger partial charge in [-0.15, -0.1) is 11.3 Å². The maximum atomic E-state index is 12.1. The van der Waals surface area contributed by atoms with Crippen molar-refractivity contribution in [2.75, 3.05) is 13.1 Å². The number of oxime groups is 1. The number of hydrogen-bond donors (Lipinski definition) is 1. The number of aryl methyl sites for hydroxylation is 1. The molecule has 1 aromatic rings. The highest BCUT2D eigenvalue weighted by atomic mass is 32.1. The van der Waals surface area contributed by atoms with Gasteiger partial charge in [0, 0.05) is 25.4 Å². The molecule has 1 amide bonds. The second-order valence-corrected chi connectivity index (χ2v) is 5.47. The van der Waals surface area contributed by atoms with Crippen molar-refractivity contribution in [3.63, 3.8) is 0 Å². The molecule has 17 heavy (non-hydrogen) atoms. The molecule has 92 valence electrons. The summed E-state index contributed by atoms with van der Waals surface area (Å²) in [6, 6.07) is 0. The van der Waals surface area contributed by atoms with Gasteiger partial charge in [0.1, 0.15) is 4.88 Å². The van der Waals surface area contributed by atoms with Gasteiger partial charge in [-0.05, 0) is 6.92 Å². The van der Waals surface area contributed by atoms with Crippen molar-refractivity contribution in [1.29, 1.82) is 0 Å². The van der Waals surface area contributed by atoms with E-state index in [0.717, 1.165) is 10.7 Å². The fourth-order valence-electron chi connectivity index (χ4n) is 1.97. The fraction of sp³-hybridized carbons (Fsp3) is 0.545. The highest BCUT2D eigenvalue weighted by Crippen LogP contribution is 2.19. The lowest BCUT2D eigenvalue weighted by atomic mass is 9.97. The lowest BCUT2D eigenvalue weighted by Gasteiger charge is -2.31. The molecule has 2 rings (SSSR count). The van der Waals surface area contributed by atoms with Gasteiger partial charge in [0.05, 0.1) is 16.9 Å². The van der Waals surface area contributed by atoms with E-state index in [-0.39, 0.29) is 11.8 Å². The first kappa shape index (κ1) is 12.0. The van der Waals surface area contributed by atoms with E-state index in [0.29, 0.717) is 24.4 Å². The molecule has 1 N–H and O–H groups in total. The number of hydrogen-bond acceptors (Lipinski definition) is 5. The Kier molecular flexibility index (Phi) is 3.42. The maximum absolute atomic E-state index is 12.1. The van der Waals surface area contributed by atoms with Gasteiger partial charge < -0.3 is 10.1 Å². The molecule has 0 aromatic carbocycles. The molecule has 6 heteroatoms. The summed E-state index contributed by atoms with van der Waals surface area (Å²) in [4.78, 5) is 18.7. The topological polar surface area (TPSA) is 65.8 Å². The van der Waals surface area contributed by atoms with E-state index in [2.05, 4.69) is 10.1 Å². The number of likely N-dealkylation sites (tertiary alicyclic amines) is 1. The number of carbonyl (C=O) groups excluding carboxylic acids is 1. The smallest absolute Gasteiger partial charge is 0.265 e. The van der Waals surface area contributed by atoms with Crippen LogP contribution < -0.4 is 0 Å². The highest BCUT2D eigenvalue weighted by molar-refractivity contribution is 7.13. The average molecular weight is 253 g/mol. The van der Waals surface area contributed by atoms with Crippen molar-refractivity contribution in [2.24, 2.45) is 11.1 Å². The maximum Gasteiger partial charge on any atom is 0.265 e. The normalized spacial score (nSPS) is 23.1. The highest BCUT2D eigenvalue weighted by Gasteiger charge is 2.27. The van der Waals surface area contributed by atoms with E-state index in [9.17, 15) is 4.79 Å². The van der Waals surface area contributed by atoms with Gasteiger partial charge in [-0.3, -0.25) is 4.79 Å². The standard InChI is InChI=1S/C11H15N3O2S/c1-7-6-14(4-3-9(7)13-16)11(15)10-5-12-8(2)17-10/h5,7,16H,3-4,6H2,1-2H3. The Morgan fingerprint density at radius 3 is 3.00 bits per heavy atom. The van der Waals surface area contributed by atoms with Crippen molar-refractivity contribution in [3.05, 3.63) is 16.1 Å². The van der Waals surface area contributed by atoms with Gasteiger partial charge >= 0.3 is 0 Å². The Morgan fingerprint density at radius 2 is 2.47 bits per heavy atom. The van der Waals surface area contributed by atoms with Gasteiger partial charge in [-0.25, -0.2) is 4.98 Å². The first-order valence-electron chi connectivity index (χ1n) is 5.54. The molecule has 0 bridgehead atoms. The van der Waals surface area contributed by atoms with Crippen LogP contribution in [0.15, 0.2) is 11.4 Å². The number of piperidine rings is 1. The lowest BCUT2D eigenvalue weighted by molar-refractivity contribution is 0.0738. The number of amides is 1. The van der Waals surface area contributed by atoms with Gasteiger partial charge in [-0.1, -0.05) is 12.1 Å². The molecular weight excluding hydrogens is 238 g/mol. The third-order valence-electron chi connectivity index (χ3n) is 2.95. The first-order chi connectivity index (χ1) is 8.11. The quantitative estimate of drug-likeness (QED) is 0.612. The van der Waals surface area contributed by atoms with E-state index < -0.39 is 0 Å². The average Bonchev–Trinajstić information content (AvgIpc) is 2.75. The van der Waals surface area contributed by atoms with Gasteiger partial charge in [0.2, 0.25) is 0 Å². The van der Waals surface area contributed by atoms with Crippen molar-refractivity contribution in [3.8, 4) is 0 Å². The zero-order valence-corrected chi connectivity index (χ0v) is 10.7. The molecule has 2 heterocycles. The second-order valence-electron chi connectivity index (χ2n) is 4.24. The van der Waals surface area contributed by atoms with Crippen molar-refractivity contribution >= 4 is 23.0 Å². The van der Waals surface area contributed by atoms with Gasteiger partial charge in [0.25, 0.3) is 5.91 Å². The Balaban J connectivity index is 2.07. The number of aromatic nitrogens is 1. The Morgan fingerprint density at radius 1 is 1.71 bits per heavy atom. The molecule has 1 fully saturated rings. The van der Waals surface area contributed by atoms with Crippen LogP contribution in [0, 0.1) is 12.8 Å². The summed E-state index contributed by atoms with van der Waals surface area (Å²) in [7, 11) is 0. The van der Waals surface area contributed by atoms with E-state index in [1.165, 1.54) is 11.3 Å². The molecule has 0 radical (unpaired) electrons. The largest absolute Gasteiger partial charge is 0.411 e. The lowest BCUT2D eigenvalue weighted by Crippen LogP contribution is -2.43. The van der Waals surface area contributed by atoms with Gasteiger partial charge in [-0.2, -0.15) is 0 Å². The van der Waals surface area contributed by atoms with Crippen LogP contribution in [0.25, 0.3) is 0 Å². The molecule has 1 aliphatic rings. The molecule has 1 unspecified atom stereocenters. The summed E-state index contributed by atoms with van der Waals surface area (Å²) >= 11 is 1.42. The summed E-state index contributed by atoms with van der Waals surface area (Å²) < 4.78 is 0. The minimum Gasteiger partial charge on any atom is -0.411 e. The molecule has 1 saturated heterocycles. The van der Waals surface area contributed by atoms with Crippen LogP contribution in [-0.4, -0.2) is 39.8 Å². The number of carbonyl (C=O) groups is 1.